The Kier molecular flexibility index (Phi) is 4.80. The van der Waals surface area contributed by atoms with Crippen LogP contribution in [0, 0.1) is 0 Å². The Labute approximate surface area is 141 Å². The number of hydrogen-bond acceptors (Lipinski definition) is 4. The van der Waals surface area contributed by atoms with E-state index in [1.54, 1.807) is 6.07 Å². The number of hydrazine groups is 1. The lowest BCUT2D eigenvalue weighted by molar-refractivity contribution is -0.126. The van der Waals surface area contributed by atoms with E-state index in [-0.39, 0.29) is 12.3 Å². The molecule has 0 saturated carbocycles. The molecule has 6 heteroatoms. The fourth-order valence-electron chi connectivity index (χ4n) is 3.16. The summed E-state index contributed by atoms with van der Waals surface area (Å²) >= 11 is 6.08. The Morgan fingerprint density at radius 2 is 2.04 bits per heavy atom. The molecule has 1 aromatic heterocycles. The Bertz CT molecular complexity index is 711. The van der Waals surface area contributed by atoms with Gasteiger partial charge in [0.2, 0.25) is 5.91 Å². The number of fused-ring (bicyclic) bond motifs is 1. The van der Waals surface area contributed by atoms with Crippen molar-refractivity contribution in [3.8, 4) is 0 Å². The minimum absolute atomic E-state index is 0.0290. The van der Waals surface area contributed by atoms with Gasteiger partial charge >= 0.3 is 0 Å². The van der Waals surface area contributed by atoms with Crippen LogP contribution in [0.15, 0.2) is 30.3 Å². The molecule has 1 aliphatic rings. The molecule has 122 valence electrons. The first kappa shape index (κ1) is 16.2. The summed E-state index contributed by atoms with van der Waals surface area (Å²) in [5, 5.41) is 6.81. The van der Waals surface area contributed by atoms with Crippen LogP contribution in [0.1, 0.15) is 19.4 Å². The summed E-state index contributed by atoms with van der Waals surface area (Å²) in [6.45, 7) is 5.83. The van der Waals surface area contributed by atoms with E-state index in [9.17, 15) is 4.79 Å². The van der Waals surface area contributed by atoms with E-state index in [0.717, 1.165) is 29.6 Å². The van der Waals surface area contributed by atoms with Crippen LogP contribution in [0.5, 0.6) is 0 Å². The lowest BCUT2D eigenvalue weighted by atomic mass is 10.1. The molecule has 2 heterocycles. The largest absolute Gasteiger partial charge is 0.309 e. The molecule has 1 fully saturated rings. The van der Waals surface area contributed by atoms with E-state index < -0.39 is 0 Å². The quantitative estimate of drug-likeness (QED) is 0.846. The van der Waals surface area contributed by atoms with Gasteiger partial charge in [-0.1, -0.05) is 29.8 Å². The van der Waals surface area contributed by atoms with Gasteiger partial charge in [0.25, 0.3) is 0 Å². The van der Waals surface area contributed by atoms with Crippen LogP contribution in [0.25, 0.3) is 10.9 Å². The zero-order valence-electron chi connectivity index (χ0n) is 13.3. The second-order valence-electron chi connectivity index (χ2n) is 6.21. The Morgan fingerprint density at radius 3 is 2.78 bits per heavy atom. The number of amides is 1. The highest BCUT2D eigenvalue weighted by atomic mass is 35.5. The third-order valence-electron chi connectivity index (χ3n) is 3.96. The fraction of sp³-hybridized carbons (Fsp3) is 0.412. The monoisotopic (exact) mass is 332 g/mol. The predicted octanol–water partition coefficient (Wildman–Crippen LogP) is 2.14. The van der Waals surface area contributed by atoms with Crippen molar-refractivity contribution in [1.82, 2.24) is 20.7 Å². The number of aromatic nitrogens is 1. The zero-order valence-corrected chi connectivity index (χ0v) is 14.1. The van der Waals surface area contributed by atoms with Crippen molar-refractivity contribution in [1.29, 1.82) is 0 Å². The smallest absolute Gasteiger partial charge is 0.238 e. The molecule has 1 saturated heterocycles. The Hall–Kier alpha value is -1.69. The van der Waals surface area contributed by atoms with Gasteiger partial charge in [0.05, 0.1) is 11.9 Å². The van der Waals surface area contributed by atoms with Gasteiger partial charge < -0.3 is 5.32 Å². The van der Waals surface area contributed by atoms with Gasteiger partial charge in [-0.25, -0.2) is 9.99 Å². The number of carbonyl (C=O) groups is 1. The molecule has 1 aliphatic heterocycles. The molecule has 0 radical (unpaired) electrons. The van der Waals surface area contributed by atoms with E-state index in [2.05, 4.69) is 29.6 Å². The molecule has 0 bridgehead atoms. The van der Waals surface area contributed by atoms with Gasteiger partial charge in [0, 0.05) is 30.6 Å². The maximum atomic E-state index is 12.4. The minimum Gasteiger partial charge on any atom is -0.309 e. The van der Waals surface area contributed by atoms with E-state index in [0.29, 0.717) is 17.2 Å². The first-order valence-electron chi connectivity index (χ1n) is 7.86. The molecule has 3 rings (SSSR count). The highest BCUT2D eigenvalue weighted by Crippen LogP contribution is 2.21. The molecule has 0 spiro atoms. The molecule has 0 unspecified atom stereocenters. The number of rotatable bonds is 3. The minimum atomic E-state index is -0.0290. The number of nitrogens with one attached hydrogen (secondary N) is 2. The van der Waals surface area contributed by atoms with Gasteiger partial charge in [0.1, 0.15) is 5.15 Å². The number of pyridine rings is 1. The molecule has 5 nitrogen and oxygen atoms in total. The SMILES string of the molecule is C[C@@H]1CN(NC(=O)Cc2cc(Cl)nc3ccccc23)C[C@H](C)N1. The number of para-hydroxylation sites is 1. The first-order chi connectivity index (χ1) is 11.0. The number of piperazine rings is 1. The molecule has 2 N–H and O–H groups in total. The molecule has 2 atom stereocenters. The Balaban J connectivity index is 1.73. The van der Waals surface area contributed by atoms with Crippen molar-refractivity contribution in [3.05, 3.63) is 41.0 Å². The molecule has 1 amide bonds. The van der Waals surface area contributed by atoms with Crippen LogP contribution in [0.3, 0.4) is 0 Å². The van der Waals surface area contributed by atoms with E-state index in [1.807, 2.05) is 29.3 Å². The van der Waals surface area contributed by atoms with Gasteiger partial charge in [-0.3, -0.25) is 10.2 Å². The van der Waals surface area contributed by atoms with Crippen molar-refractivity contribution >= 4 is 28.4 Å². The number of carbonyl (C=O) groups excluding carboxylic acids is 1. The van der Waals surface area contributed by atoms with E-state index in [4.69, 9.17) is 11.6 Å². The first-order valence-corrected chi connectivity index (χ1v) is 8.23. The number of halogens is 1. The highest BCUT2D eigenvalue weighted by Gasteiger charge is 2.22. The second kappa shape index (κ2) is 6.83. The van der Waals surface area contributed by atoms with Crippen molar-refractivity contribution in [2.75, 3.05) is 13.1 Å². The van der Waals surface area contributed by atoms with Crippen molar-refractivity contribution in [2.45, 2.75) is 32.4 Å². The molecule has 0 aliphatic carbocycles. The van der Waals surface area contributed by atoms with Gasteiger partial charge in [-0.15, -0.1) is 0 Å². The highest BCUT2D eigenvalue weighted by molar-refractivity contribution is 6.30. The third-order valence-corrected chi connectivity index (χ3v) is 4.16. The normalized spacial score (nSPS) is 22.2. The van der Waals surface area contributed by atoms with Crippen LogP contribution in [-0.4, -0.2) is 41.1 Å². The van der Waals surface area contributed by atoms with Crippen LogP contribution < -0.4 is 10.7 Å². The van der Waals surface area contributed by atoms with Crippen LogP contribution in [-0.2, 0) is 11.2 Å². The summed E-state index contributed by atoms with van der Waals surface area (Å²) < 4.78 is 0. The maximum Gasteiger partial charge on any atom is 0.238 e. The van der Waals surface area contributed by atoms with E-state index >= 15 is 0 Å². The summed E-state index contributed by atoms with van der Waals surface area (Å²) in [6, 6.07) is 10.2. The lowest BCUT2D eigenvalue weighted by Crippen LogP contribution is -2.59. The molecule has 1 aromatic carbocycles. The number of hydrogen-bond donors (Lipinski definition) is 2. The molecular weight excluding hydrogens is 312 g/mol. The summed E-state index contributed by atoms with van der Waals surface area (Å²) in [5.74, 6) is -0.0290. The summed E-state index contributed by atoms with van der Waals surface area (Å²) in [6.07, 6.45) is 0.287. The average Bonchev–Trinajstić information content (AvgIpc) is 2.45. The van der Waals surface area contributed by atoms with Gasteiger partial charge in [-0.2, -0.15) is 0 Å². The predicted molar refractivity (Wildman–Crippen MR) is 92.2 cm³/mol. The number of benzene rings is 1. The van der Waals surface area contributed by atoms with Crippen molar-refractivity contribution in [3.63, 3.8) is 0 Å². The zero-order chi connectivity index (χ0) is 16.4. The van der Waals surface area contributed by atoms with E-state index in [1.165, 1.54) is 0 Å². The molecule has 2 aromatic rings. The fourth-order valence-corrected chi connectivity index (χ4v) is 3.39. The summed E-state index contributed by atoms with van der Waals surface area (Å²) in [4.78, 5) is 16.7. The van der Waals surface area contributed by atoms with Crippen LogP contribution in [0.2, 0.25) is 5.15 Å². The summed E-state index contributed by atoms with van der Waals surface area (Å²) in [7, 11) is 0. The van der Waals surface area contributed by atoms with Gasteiger partial charge in [-0.05, 0) is 31.5 Å². The number of nitrogens with zero attached hydrogens (tertiary/aromatic N) is 2. The maximum absolute atomic E-state index is 12.4. The lowest BCUT2D eigenvalue weighted by Gasteiger charge is -2.36. The van der Waals surface area contributed by atoms with Crippen molar-refractivity contribution in [2.24, 2.45) is 0 Å². The molecule has 23 heavy (non-hydrogen) atoms. The van der Waals surface area contributed by atoms with Crippen LogP contribution >= 0.6 is 11.6 Å². The average molecular weight is 333 g/mol. The molecular formula is C17H21ClN4O. The third kappa shape index (κ3) is 3.99. The van der Waals surface area contributed by atoms with Gasteiger partial charge in [0.15, 0.2) is 0 Å². The standard InChI is InChI=1S/C17H21ClN4O/c1-11-9-22(10-12(2)19-11)21-17(23)8-13-7-16(18)20-15-6-4-3-5-14(13)15/h3-7,11-12,19H,8-10H2,1-2H3,(H,21,23)/t11-,12+. The van der Waals surface area contributed by atoms with Crippen LogP contribution in [0.4, 0.5) is 0 Å². The summed E-state index contributed by atoms with van der Waals surface area (Å²) in [5.41, 5.74) is 4.71. The van der Waals surface area contributed by atoms with Crippen molar-refractivity contribution < 1.29 is 4.79 Å². The topological polar surface area (TPSA) is 57.3 Å². The Morgan fingerprint density at radius 1 is 1.35 bits per heavy atom. The second-order valence-corrected chi connectivity index (χ2v) is 6.59.